The first-order chi connectivity index (χ1) is 12.2. The van der Waals surface area contributed by atoms with E-state index in [9.17, 15) is 4.79 Å². The van der Waals surface area contributed by atoms with Crippen molar-refractivity contribution in [1.29, 1.82) is 0 Å². The van der Waals surface area contributed by atoms with Crippen molar-refractivity contribution in [2.75, 3.05) is 5.43 Å². The van der Waals surface area contributed by atoms with Crippen LogP contribution in [-0.4, -0.2) is 16.1 Å². The molecule has 0 atom stereocenters. The highest BCUT2D eigenvalue weighted by Gasteiger charge is 2.24. The standard InChI is InChI=1S/C17H11ClN4OS2/c18-11-7-5-10(6-8-11)9-14-15(23)20-17(25-14)22-21-16-19-12-3-1-2-4-13(12)24-16/h1-9H,(H,19,21)(H,20,22,23). The van der Waals surface area contributed by atoms with Gasteiger partial charge in [0.1, 0.15) is 0 Å². The maximum Gasteiger partial charge on any atom is 0.264 e. The summed E-state index contributed by atoms with van der Waals surface area (Å²) in [6.45, 7) is 0. The predicted molar refractivity (Wildman–Crippen MR) is 106 cm³/mol. The summed E-state index contributed by atoms with van der Waals surface area (Å²) in [5.41, 5.74) is 4.73. The third-order valence-electron chi connectivity index (χ3n) is 3.37. The predicted octanol–water partition coefficient (Wildman–Crippen LogP) is 4.54. The average molecular weight is 387 g/mol. The summed E-state index contributed by atoms with van der Waals surface area (Å²) in [6.07, 6.45) is 1.80. The van der Waals surface area contributed by atoms with E-state index in [2.05, 4.69) is 20.8 Å². The number of carbonyl (C=O) groups excluding carboxylic acids is 1. The second-order valence-corrected chi connectivity index (χ2v) is 7.63. The van der Waals surface area contributed by atoms with Crippen molar-refractivity contribution in [1.82, 2.24) is 10.3 Å². The third kappa shape index (κ3) is 3.68. The number of halogens is 1. The van der Waals surface area contributed by atoms with Crippen LogP contribution in [0.4, 0.5) is 5.13 Å². The summed E-state index contributed by atoms with van der Waals surface area (Å²) >= 11 is 8.65. The van der Waals surface area contributed by atoms with E-state index in [1.54, 1.807) is 18.2 Å². The summed E-state index contributed by atoms with van der Waals surface area (Å²) < 4.78 is 1.08. The molecule has 124 valence electrons. The molecule has 2 heterocycles. The number of nitrogens with zero attached hydrogens (tertiary/aromatic N) is 2. The van der Waals surface area contributed by atoms with Gasteiger partial charge in [0.05, 0.1) is 15.1 Å². The van der Waals surface area contributed by atoms with Crippen LogP contribution in [0.2, 0.25) is 5.02 Å². The molecule has 1 fully saturated rings. The van der Waals surface area contributed by atoms with Crippen molar-refractivity contribution in [3.05, 3.63) is 64.0 Å². The molecule has 2 aromatic carbocycles. The van der Waals surface area contributed by atoms with E-state index < -0.39 is 0 Å². The quantitative estimate of drug-likeness (QED) is 0.512. The van der Waals surface area contributed by atoms with Crippen molar-refractivity contribution in [3.63, 3.8) is 0 Å². The van der Waals surface area contributed by atoms with E-state index in [0.717, 1.165) is 15.8 Å². The zero-order chi connectivity index (χ0) is 17.2. The van der Waals surface area contributed by atoms with Gasteiger partial charge in [0, 0.05) is 5.02 Å². The molecular weight excluding hydrogens is 376 g/mol. The van der Waals surface area contributed by atoms with Crippen LogP contribution in [0.1, 0.15) is 5.56 Å². The third-order valence-corrected chi connectivity index (χ3v) is 5.47. The molecule has 5 nitrogen and oxygen atoms in total. The minimum atomic E-state index is -0.176. The molecule has 1 saturated heterocycles. The van der Waals surface area contributed by atoms with Gasteiger partial charge in [-0.05, 0) is 47.7 Å². The Morgan fingerprint density at radius 2 is 1.96 bits per heavy atom. The van der Waals surface area contributed by atoms with Gasteiger partial charge in [0.2, 0.25) is 5.13 Å². The van der Waals surface area contributed by atoms with Gasteiger partial charge in [-0.2, -0.15) is 0 Å². The number of amides is 1. The second-order valence-electron chi connectivity index (χ2n) is 5.13. The van der Waals surface area contributed by atoms with Crippen LogP contribution >= 0.6 is 34.7 Å². The number of rotatable bonds is 3. The number of thioether (sulfide) groups is 1. The van der Waals surface area contributed by atoms with E-state index in [1.807, 2.05) is 36.4 Å². The molecule has 0 saturated carbocycles. The Kier molecular flexibility index (Phi) is 4.44. The van der Waals surface area contributed by atoms with Crippen molar-refractivity contribution < 1.29 is 4.79 Å². The molecule has 1 aromatic heterocycles. The molecule has 1 aliphatic heterocycles. The van der Waals surface area contributed by atoms with Crippen molar-refractivity contribution in [2.24, 2.45) is 5.10 Å². The molecule has 0 aliphatic carbocycles. The number of benzene rings is 2. The van der Waals surface area contributed by atoms with Crippen LogP contribution < -0.4 is 10.7 Å². The van der Waals surface area contributed by atoms with Crippen LogP contribution in [0.25, 0.3) is 16.3 Å². The fourth-order valence-electron chi connectivity index (χ4n) is 2.21. The number of hydrogen-bond acceptors (Lipinski definition) is 6. The zero-order valence-corrected chi connectivity index (χ0v) is 15.1. The van der Waals surface area contributed by atoms with Crippen molar-refractivity contribution in [2.45, 2.75) is 0 Å². The molecule has 2 N–H and O–H groups in total. The van der Waals surface area contributed by atoms with Gasteiger partial charge in [0.25, 0.3) is 5.91 Å². The SMILES string of the molecule is O=C1NC(=NNc2nc3ccccc3s2)SC1=Cc1ccc(Cl)cc1. The summed E-state index contributed by atoms with van der Waals surface area (Å²) in [5, 5.41) is 8.79. The monoisotopic (exact) mass is 386 g/mol. The van der Waals surface area contributed by atoms with Gasteiger partial charge >= 0.3 is 0 Å². The lowest BCUT2D eigenvalue weighted by molar-refractivity contribution is -0.115. The summed E-state index contributed by atoms with van der Waals surface area (Å²) in [4.78, 5) is 17.1. The lowest BCUT2D eigenvalue weighted by atomic mass is 10.2. The first-order valence-electron chi connectivity index (χ1n) is 7.33. The fraction of sp³-hybridized carbons (Fsp3) is 0. The first-order valence-corrected chi connectivity index (χ1v) is 9.34. The van der Waals surface area contributed by atoms with Crippen LogP contribution in [0.15, 0.2) is 58.5 Å². The number of hydrazone groups is 1. The Morgan fingerprint density at radius 1 is 1.16 bits per heavy atom. The zero-order valence-electron chi connectivity index (χ0n) is 12.7. The highest BCUT2D eigenvalue weighted by atomic mass is 35.5. The van der Waals surface area contributed by atoms with Crippen molar-refractivity contribution in [3.8, 4) is 0 Å². The molecule has 4 rings (SSSR count). The minimum Gasteiger partial charge on any atom is -0.299 e. The van der Waals surface area contributed by atoms with E-state index in [4.69, 9.17) is 11.6 Å². The fourth-order valence-corrected chi connectivity index (χ4v) is 3.93. The normalized spacial score (nSPS) is 17.4. The number of thiazole rings is 1. The maximum absolute atomic E-state index is 12.1. The molecule has 8 heteroatoms. The maximum atomic E-state index is 12.1. The van der Waals surface area contributed by atoms with Gasteiger partial charge in [-0.1, -0.05) is 47.2 Å². The molecule has 0 unspecified atom stereocenters. The molecule has 0 bridgehead atoms. The number of fused-ring (bicyclic) bond motifs is 1. The van der Waals surface area contributed by atoms with Crippen LogP contribution in [0.5, 0.6) is 0 Å². The molecule has 3 aromatic rings. The van der Waals surface area contributed by atoms with E-state index in [1.165, 1.54) is 23.1 Å². The second kappa shape index (κ2) is 6.87. The van der Waals surface area contributed by atoms with Crippen LogP contribution in [0.3, 0.4) is 0 Å². The molecule has 25 heavy (non-hydrogen) atoms. The lowest BCUT2D eigenvalue weighted by Crippen LogP contribution is -2.20. The van der Waals surface area contributed by atoms with Gasteiger partial charge in [-0.25, -0.2) is 4.98 Å². The van der Waals surface area contributed by atoms with Crippen LogP contribution in [0, 0.1) is 0 Å². The number of para-hydroxylation sites is 1. The Hall–Kier alpha value is -2.35. The number of nitrogens with one attached hydrogen (secondary N) is 2. The van der Waals surface area contributed by atoms with Gasteiger partial charge in [-0.15, -0.1) is 5.10 Å². The summed E-state index contributed by atoms with van der Waals surface area (Å²) in [5.74, 6) is -0.176. The summed E-state index contributed by atoms with van der Waals surface area (Å²) in [7, 11) is 0. The highest BCUT2D eigenvalue weighted by molar-refractivity contribution is 8.18. The largest absolute Gasteiger partial charge is 0.299 e. The number of carbonyl (C=O) groups is 1. The number of hydrogen-bond donors (Lipinski definition) is 2. The smallest absolute Gasteiger partial charge is 0.264 e. The van der Waals surface area contributed by atoms with Crippen LogP contribution in [-0.2, 0) is 4.79 Å². The number of aromatic nitrogens is 1. The topological polar surface area (TPSA) is 66.4 Å². The Bertz CT molecular complexity index is 978. The summed E-state index contributed by atoms with van der Waals surface area (Å²) in [6, 6.07) is 15.2. The highest BCUT2D eigenvalue weighted by Crippen LogP contribution is 2.28. The number of amidine groups is 1. The molecule has 1 aliphatic rings. The van der Waals surface area contributed by atoms with Crippen molar-refractivity contribution >= 4 is 67.2 Å². The van der Waals surface area contributed by atoms with E-state index >= 15 is 0 Å². The number of anilines is 1. The van der Waals surface area contributed by atoms with Gasteiger partial charge in [-0.3, -0.25) is 15.5 Å². The Labute approximate surface area is 156 Å². The van der Waals surface area contributed by atoms with E-state index in [-0.39, 0.29) is 5.91 Å². The Balaban J connectivity index is 1.49. The minimum absolute atomic E-state index is 0.176. The average Bonchev–Trinajstić information content (AvgIpc) is 3.18. The lowest BCUT2D eigenvalue weighted by Gasteiger charge is -1.95. The van der Waals surface area contributed by atoms with Gasteiger partial charge in [0.15, 0.2) is 5.17 Å². The van der Waals surface area contributed by atoms with Gasteiger partial charge < -0.3 is 0 Å². The molecular formula is C17H11ClN4OS2. The first kappa shape index (κ1) is 16.1. The molecule has 1 amide bonds. The molecule has 0 spiro atoms. The Morgan fingerprint density at radius 3 is 2.76 bits per heavy atom. The molecule has 0 radical (unpaired) electrons. The van der Waals surface area contributed by atoms with E-state index in [0.29, 0.717) is 20.2 Å².